The zero-order valence-corrected chi connectivity index (χ0v) is 22.4. The second-order valence-electron chi connectivity index (χ2n) is 8.90. The number of hydrogen-bond donors (Lipinski definition) is 1. The van der Waals surface area contributed by atoms with E-state index in [1.165, 1.54) is 17.3 Å². The van der Waals surface area contributed by atoms with Gasteiger partial charge in [-0.2, -0.15) is 0 Å². The highest BCUT2D eigenvalue weighted by Crippen LogP contribution is 2.42. The number of methoxy groups -OCH3 is 1. The van der Waals surface area contributed by atoms with Gasteiger partial charge in [-0.3, -0.25) is 9.59 Å². The Morgan fingerprint density at radius 2 is 1.86 bits per heavy atom. The zero-order chi connectivity index (χ0) is 26.4. The van der Waals surface area contributed by atoms with Crippen molar-refractivity contribution in [3.63, 3.8) is 0 Å². The SMILES string of the molecule is CCOc1ccc(/C=C2/Sc3ccc(C(=O)N[C@H](C)CCc4ccccc4)cc3N(C)C2=O)cc1OC. The van der Waals surface area contributed by atoms with Crippen LogP contribution in [0.4, 0.5) is 5.69 Å². The first-order valence-electron chi connectivity index (χ1n) is 12.4. The van der Waals surface area contributed by atoms with E-state index < -0.39 is 0 Å². The monoisotopic (exact) mass is 516 g/mol. The highest BCUT2D eigenvalue weighted by molar-refractivity contribution is 8.04. The minimum Gasteiger partial charge on any atom is -0.493 e. The van der Waals surface area contributed by atoms with Gasteiger partial charge in [0, 0.05) is 23.5 Å². The predicted molar refractivity (Wildman–Crippen MR) is 150 cm³/mol. The molecule has 3 aromatic carbocycles. The zero-order valence-electron chi connectivity index (χ0n) is 21.6. The molecule has 0 bridgehead atoms. The molecule has 0 aliphatic carbocycles. The maximum absolute atomic E-state index is 13.2. The van der Waals surface area contributed by atoms with Crippen molar-refractivity contribution >= 4 is 35.3 Å². The van der Waals surface area contributed by atoms with Gasteiger partial charge in [-0.25, -0.2) is 0 Å². The Bertz CT molecular complexity index is 1310. The molecule has 0 aromatic heterocycles. The van der Waals surface area contributed by atoms with Gasteiger partial charge in [-0.1, -0.05) is 48.2 Å². The van der Waals surface area contributed by atoms with E-state index in [4.69, 9.17) is 9.47 Å². The van der Waals surface area contributed by atoms with Gasteiger partial charge in [-0.05, 0) is 74.2 Å². The van der Waals surface area contributed by atoms with Crippen LogP contribution >= 0.6 is 11.8 Å². The third kappa shape index (κ3) is 6.35. The first-order valence-corrected chi connectivity index (χ1v) is 13.2. The van der Waals surface area contributed by atoms with Crippen molar-refractivity contribution in [3.05, 3.63) is 88.3 Å². The molecule has 192 valence electrons. The maximum atomic E-state index is 13.2. The number of thioether (sulfide) groups is 1. The maximum Gasteiger partial charge on any atom is 0.264 e. The summed E-state index contributed by atoms with van der Waals surface area (Å²) >= 11 is 1.40. The number of rotatable bonds is 9. The van der Waals surface area contributed by atoms with Crippen LogP contribution in [0.1, 0.15) is 41.8 Å². The standard InChI is InChI=1S/C30H32N2O4S/c1-5-36-25-15-13-22(17-26(25)35-4)18-28-30(34)32(3)24-19-23(14-16-27(24)37-28)29(33)31-20(2)11-12-21-9-7-6-8-10-21/h6-10,13-20H,5,11-12H2,1-4H3,(H,31,33)/b28-18+/t20-/m1/s1. The Kier molecular flexibility index (Phi) is 8.56. The van der Waals surface area contributed by atoms with E-state index in [1.54, 1.807) is 25.1 Å². The molecule has 1 atom stereocenters. The molecule has 1 N–H and O–H groups in total. The smallest absolute Gasteiger partial charge is 0.264 e. The van der Waals surface area contributed by atoms with Crippen molar-refractivity contribution in [2.75, 3.05) is 25.7 Å². The largest absolute Gasteiger partial charge is 0.493 e. The Hall–Kier alpha value is -3.71. The number of aryl methyl sites for hydroxylation is 1. The molecule has 0 fully saturated rings. The van der Waals surface area contributed by atoms with Crippen LogP contribution in [0.15, 0.2) is 76.5 Å². The third-order valence-corrected chi connectivity index (χ3v) is 7.27. The summed E-state index contributed by atoms with van der Waals surface area (Å²) in [5.41, 5.74) is 3.35. The van der Waals surface area contributed by atoms with E-state index in [-0.39, 0.29) is 17.9 Å². The third-order valence-electron chi connectivity index (χ3n) is 6.19. The second kappa shape index (κ2) is 12.0. The van der Waals surface area contributed by atoms with E-state index in [1.807, 2.05) is 68.5 Å². The van der Waals surface area contributed by atoms with Crippen LogP contribution in [0.5, 0.6) is 11.5 Å². The molecule has 0 unspecified atom stereocenters. The number of benzene rings is 3. The lowest BCUT2D eigenvalue weighted by molar-refractivity contribution is -0.114. The Balaban J connectivity index is 1.47. The van der Waals surface area contributed by atoms with Crippen LogP contribution in [0.2, 0.25) is 0 Å². The summed E-state index contributed by atoms with van der Waals surface area (Å²) in [6.45, 7) is 4.47. The van der Waals surface area contributed by atoms with E-state index in [2.05, 4.69) is 17.4 Å². The molecule has 0 saturated heterocycles. The van der Waals surface area contributed by atoms with Crippen LogP contribution in [0.25, 0.3) is 6.08 Å². The van der Waals surface area contributed by atoms with E-state index in [0.29, 0.717) is 28.6 Å². The quantitative estimate of drug-likeness (QED) is 0.356. The van der Waals surface area contributed by atoms with E-state index in [9.17, 15) is 9.59 Å². The van der Waals surface area contributed by atoms with Crippen molar-refractivity contribution < 1.29 is 19.1 Å². The first-order chi connectivity index (χ1) is 17.9. The van der Waals surface area contributed by atoms with Crippen molar-refractivity contribution in [2.24, 2.45) is 0 Å². The molecule has 1 heterocycles. The van der Waals surface area contributed by atoms with Crippen LogP contribution in [-0.4, -0.2) is 38.6 Å². The molecule has 7 heteroatoms. The number of likely N-dealkylation sites (N-methyl/N-ethyl adjacent to an activating group) is 1. The predicted octanol–water partition coefficient (Wildman–Crippen LogP) is 5.95. The summed E-state index contributed by atoms with van der Waals surface area (Å²) in [6, 6.07) is 21.4. The lowest BCUT2D eigenvalue weighted by Crippen LogP contribution is -2.34. The molecule has 1 aliphatic rings. The van der Waals surface area contributed by atoms with Gasteiger partial charge in [0.2, 0.25) is 0 Å². The molecule has 0 saturated carbocycles. The second-order valence-corrected chi connectivity index (χ2v) is 9.98. The van der Waals surface area contributed by atoms with Crippen molar-refractivity contribution in [1.29, 1.82) is 0 Å². The lowest BCUT2D eigenvalue weighted by Gasteiger charge is -2.27. The van der Waals surface area contributed by atoms with Gasteiger partial charge in [0.15, 0.2) is 11.5 Å². The topological polar surface area (TPSA) is 67.9 Å². The lowest BCUT2D eigenvalue weighted by atomic mass is 10.1. The van der Waals surface area contributed by atoms with Gasteiger partial charge < -0.3 is 19.7 Å². The molecule has 0 spiro atoms. The van der Waals surface area contributed by atoms with E-state index in [0.717, 1.165) is 29.0 Å². The summed E-state index contributed by atoms with van der Waals surface area (Å²) in [7, 11) is 3.33. The van der Waals surface area contributed by atoms with Crippen LogP contribution in [0, 0.1) is 0 Å². The van der Waals surface area contributed by atoms with Gasteiger partial charge >= 0.3 is 0 Å². The summed E-state index contributed by atoms with van der Waals surface area (Å²) in [4.78, 5) is 29.2. The van der Waals surface area contributed by atoms with Crippen LogP contribution < -0.4 is 19.7 Å². The molecule has 1 aliphatic heterocycles. The Morgan fingerprint density at radius 3 is 2.59 bits per heavy atom. The fourth-order valence-corrected chi connectivity index (χ4v) is 5.23. The Morgan fingerprint density at radius 1 is 1.08 bits per heavy atom. The number of carbonyl (C=O) groups is 2. The first kappa shape index (κ1) is 26.4. The average molecular weight is 517 g/mol. The van der Waals surface area contributed by atoms with Gasteiger partial charge in [-0.15, -0.1) is 0 Å². The number of fused-ring (bicyclic) bond motifs is 1. The molecule has 6 nitrogen and oxygen atoms in total. The fourth-order valence-electron chi connectivity index (χ4n) is 4.14. The summed E-state index contributed by atoms with van der Waals surface area (Å²) < 4.78 is 11.0. The molecular weight excluding hydrogens is 484 g/mol. The highest BCUT2D eigenvalue weighted by Gasteiger charge is 2.27. The number of nitrogens with one attached hydrogen (secondary N) is 1. The number of carbonyl (C=O) groups excluding carboxylic acids is 2. The normalized spacial score (nSPS) is 14.8. The summed E-state index contributed by atoms with van der Waals surface area (Å²) in [6.07, 6.45) is 3.59. The summed E-state index contributed by atoms with van der Waals surface area (Å²) in [5.74, 6) is 1.01. The molecule has 37 heavy (non-hydrogen) atoms. The summed E-state index contributed by atoms with van der Waals surface area (Å²) in [5, 5.41) is 3.08. The highest BCUT2D eigenvalue weighted by atomic mass is 32.2. The van der Waals surface area contributed by atoms with Gasteiger partial charge in [0.05, 0.1) is 24.3 Å². The van der Waals surface area contributed by atoms with Gasteiger partial charge in [0.25, 0.3) is 11.8 Å². The number of anilines is 1. The average Bonchev–Trinajstić information content (AvgIpc) is 2.91. The van der Waals surface area contributed by atoms with Crippen molar-refractivity contribution in [3.8, 4) is 11.5 Å². The molecule has 3 aromatic rings. The fraction of sp³-hybridized carbons (Fsp3) is 0.267. The van der Waals surface area contributed by atoms with Gasteiger partial charge in [0.1, 0.15) is 0 Å². The molecule has 0 radical (unpaired) electrons. The Labute approximate surface area is 222 Å². The van der Waals surface area contributed by atoms with Crippen LogP contribution in [0.3, 0.4) is 0 Å². The number of hydrogen-bond acceptors (Lipinski definition) is 5. The molecular formula is C30H32N2O4S. The van der Waals surface area contributed by atoms with Crippen molar-refractivity contribution in [1.82, 2.24) is 5.32 Å². The minimum absolute atomic E-state index is 0.0260. The molecule has 2 amide bonds. The minimum atomic E-state index is -0.142. The van der Waals surface area contributed by atoms with Crippen molar-refractivity contribution in [2.45, 2.75) is 37.6 Å². The number of amides is 2. The molecule has 4 rings (SSSR count). The van der Waals surface area contributed by atoms with E-state index >= 15 is 0 Å². The number of ether oxygens (including phenoxy) is 2. The number of nitrogens with zero attached hydrogens (tertiary/aromatic N) is 1. The van der Waals surface area contributed by atoms with Crippen LogP contribution in [-0.2, 0) is 11.2 Å².